The molecule has 0 saturated carbocycles. The van der Waals surface area contributed by atoms with Gasteiger partial charge in [0, 0.05) is 24.7 Å². The maximum Gasteiger partial charge on any atom is 0.295 e. The molecule has 0 aliphatic rings. The van der Waals surface area contributed by atoms with Crippen molar-refractivity contribution in [1.29, 1.82) is 0 Å². The number of benzene rings is 1. The summed E-state index contributed by atoms with van der Waals surface area (Å²) in [5, 5.41) is 11.2. The normalized spacial score (nSPS) is 11.0. The average molecular weight is 327 g/mol. The maximum atomic E-state index is 13.0. The lowest BCUT2D eigenvalue weighted by Gasteiger charge is -2.13. The van der Waals surface area contributed by atoms with Crippen LogP contribution in [0.4, 0.5) is 4.39 Å². The highest BCUT2D eigenvalue weighted by Gasteiger charge is 2.15. The van der Waals surface area contributed by atoms with E-state index >= 15 is 0 Å². The van der Waals surface area contributed by atoms with Crippen molar-refractivity contribution in [2.24, 2.45) is 0 Å². The average Bonchev–Trinajstić information content (AvgIpc) is 2.98. The van der Waals surface area contributed by atoms with Crippen LogP contribution in [-0.2, 0) is 6.54 Å². The standard InChI is InChI=1S/C18H18FN3O2/c1-2-8-22(24)18(23)16-10-14-7-9-21(17(14)11-20-16)12-13-3-5-15(19)6-4-13/h3-7,9-11,24H,2,8,12H2,1H3. The van der Waals surface area contributed by atoms with Gasteiger partial charge in [-0.05, 0) is 36.2 Å². The summed E-state index contributed by atoms with van der Waals surface area (Å²) in [5.74, 6) is -0.772. The molecule has 0 atom stereocenters. The Morgan fingerprint density at radius 2 is 2.04 bits per heavy atom. The lowest BCUT2D eigenvalue weighted by atomic mass is 10.2. The van der Waals surface area contributed by atoms with Crippen LogP contribution in [0.25, 0.3) is 10.9 Å². The Labute approximate surface area is 138 Å². The molecule has 5 nitrogen and oxygen atoms in total. The zero-order chi connectivity index (χ0) is 17.1. The summed E-state index contributed by atoms with van der Waals surface area (Å²) in [5.41, 5.74) is 2.05. The first-order valence-electron chi connectivity index (χ1n) is 7.78. The predicted octanol–water partition coefficient (Wildman–Crippen LogP) is 3.47. The van der Waals surface area contributed by atoms with E-state index in [0.29, 0.717) is 18.0 Å². The van der Waals surface area contributed by atoms with Crippen LogP contribution in [0.15, 0.2) is 48.8 Å². The van der Waals surface area contributed by atoms with E-state index in [-0.39, 0.29) is 18.1 Å². The van der Waals surface area contributed by atoms with Crippen molar-refractivity contribution >= 4 is 16.8 Å². The highest BCUT2D eigenvalue weighted by molar-refractivity contribution is 5.95. The molecule has 1 N–H and O–H groups in total. The van der Waals surface area contributed by atoms with Gasteiger partial charge in [-0.1, -0.05) is 19.1 Å². The third kappa shape index (κ3) is 3.28. The first kappa shape index (κ1) is 16.1. The number of halogens is 1. The monoisotopic (exact) mass is 327 g/mol. The van der Waals surface area contributed by atoms with Crippen molar-refractivity contribution < 1.29 is 14.4 Å². The fourth-order valence-electron chi connectivity index (χ4n) is 2.57. The summed E-state index contributed by atoms with van der Waals surface area (Å²) in [6.45, 7) is 2.73. The van der Waals surface area contributed by atoms with Crippen LogP contribution in [-0.4, -0.2) is 32.3 Å². The van der Waals surface area contributed by atoms with E-state index in [1.807, 2.05) is 23.8 Å². The van der Waals surface area contributed by atoms with Crippen LogP contribution >= 0.6 is 0 Å². The third-order valence-corrected chi connectivity index (χ3v) is 3.81. The number of amides is 1. The molecule has 3 aromatic rings. The Morgan fingerprint density at radius 1 is 1.29 bits per heavy atom. The molecular formula is C18H18FN3O2. The number of hydrogen-bond acceptors (Lipinski definition) is 3. The zero-order valence-electron chi connectivity index (χ0n) is 13.3. The molecule has 24 heavy (non-hydrogen) atoms. The van der Waals surface area contributed by atoms with Gasteiger partial charge < -0.3 is 4.57 Å². The first-order chi connectivity index (χ1) is 11.6. The first-order valence-corrected chi connectivity index (χ1v) is 7.78. The summed E-state index contributed by atoms with van der Waals surface area (Å²) in [6, 6.07) is 9.89. The number of carbonyl (C=O) groups is 1. The molecule has 124 valence electrons. The van der Waals surface area contributed by atoms with Crippen LogP contribution in [0.5, 0.6) is 0 Å². The Morgan fingerprint density at radius 3 is 2.75 bits per heavy atom. The van der Waals surface area contributed by atoms with Crippen LogP contribution in [0.1, 0.15) is 29.4 Å². The minimum absolute atomic E-state index is 0.206. The molecule has 0 aliphatic heterocycles. The summed E-state index contributed by atoms with van der Waals surface area (Å²) in [6.07, 6.45) is 4.18. The van der Waals surface area contributed by atoms with Crippen molar-refractivity contribution in [1.82, 2.24) is 14.6 Å². The molecular weight excluding hydrogens is 309 g/mol. The van der Waals surface area contributed by atoms with Gasteiger partial charge in [0.15, 0.2) is 0 Å². The van der Waals surface area contributed by atoms with Gasteiger partial charge in [0.1, 0.15) is 11.5 Å². The van der Waals surface area contributed by atoms with Crippen molar-refractivity contribution in [3.63, 3.8) is 0 Å². The second kappa shape index (κ2) is 6.80. The fourth-order valence-corrected chi connectivity index (χ4v) is 2.57. The van der Waals surface area contributed by atoms with Gasteiger partial charge in [-0.15, -0.1) is 0 Å². The lowest BCUT2D eigenvalue weighted by molar-refractivity contribution is -0.0582. The van der Waals surface area contributed by atoms with Gasteiger partial charge in [-0.25, -0.2) is 14.4 Å². The minimum atomic E-state index is -0.509. The minimum Gasteiger partial charge on any atom is -0.342 e. The zero-order valence-corrected chi connectivity index (χ0v) is 13.3. The van der Waals surface area contributed by atoms with Crippen molar-refractivity contribution in [2.45, 2.75) is 19.9 Å². The van der Waals surface area contributed by atoms with Gasteiger partial charge in [0.2, 0.25) is 0 Å². The van der Waals surface area contributed by atoms with Crippen molar-refractivity contribution in [2.75, 3.05) is 6.54 Å². The highest BCUT2D eigenvalue weighted by Crippen LogP contribution is 2.18. The molecule has 1 aromatic carbocycles. The lowest BCUT2D eigenvalue weighted by Crippen LogP contribution is -2.28. The van der Waals surface area contributed by atoms with Crippen molar-refractivity contribution in [3.8, 4) is 0 Å². The third-order valence-electron chi connectivity index (χ3n) is 3.81. The van der Waals surface area contributed by atoms with Crippen LogP contribution in [0.3, 0.4) is 0 Å². The molecule has 2 heterocycles. The van der Waals surface area contributed by atoms with E-state index in [9.17, 15) is 14.4 Å². The molecule has 1 amide bonds. The summed E-state index contributed by atoms with van der Waals surface area (Å²) < 4.78 is 15.0. The molecule has 0 radical (unpaired) electrons. The quantitative estimate of drug-likeness (QED) is 0.577. The topological polar surface area (TPSA) is 58.4 Å². The van der Waals surface area contributed by atoms with Gasteiger partial charge in [-0.2, -0.15) is 0 Å². The summed E-state index contributed by atoms with van der Waals surface area (Å²) in [4.78, 5) is 16.2. The Balaban J connectivity index is 1.85. The second-order valence-corrected chi connectivity index (χ2v) is 5.63. The van der Waals surface area contributed by atoms with Crippen LogP contribution in [0.2, 0.25) is 0 Å². The predicted molar refractivity (Wildman–Crippen MR) is 88.3 cm³/mol. The highest BCUT2D eigenvalue weighted by atomic mass is 19.1. The van der Waals surface area contributed by atoms with E-state index in [2.05, 4.69) is 4.98 Å². The molecule has 2 aromatic heterocycles. The van der Waals surface area contributed by atoms with Gasteiger partial charge in [0.25, 0.3) is 5.91 Å². The Bertz CT molecular complexity index is 858. The SMILES string of the molecule is CCCN(O)C(=O)c1cc2ccn(Cc3ccc(F)cc3)c2cn1. The molecule has 0 spiro atoms. The van der Waals surface area contributed by atoms with Gasteiger partial charge in [0.05, 0.1) is 11.7 Å². The Kier molecular flexibility index (Phi) is 4.57. The second-order valence-electron chi connectivity index (χ2n) is 5.63. The van der Waals surface area contributed by atoms with E-state index in [4.69, 9.17) is 0 Å². The number of hydroxylamine groups is 2. The van der Waals surface area contributed by atoms with E-state index in [0.717, 1.165) is 16.5 Å². The number of fused-ring (bicyclic) bond motifs is 1. The molecule has 0 unspecified atom stereocenters. The van der Waals surface area contributed by atoms with E-state index < -0.39 is 5.91 Å². The molecule has 3 rings (SSSR count). The largest absolute Gasteiger partial charge is 0.342 e. The van der Waals surface area contributed by atoms with Crippen LogP contribution in [0, 0.1) is 5.82 Å². The van der Waals surface area contributed by atoms with Crippen LogP contribution < -0.4 is 0 Å². The smallest absolute Gasteiger partial charge is 0.295 e. The number of pyridine rings is 1. The number of nitrogens with zero attached hydrogens (tertiary/aromatic N) is 3. The fraction of sp³-hybridized carbons (Fsp3) is 0.222. The maximum absolute atomic E-state index is 13.0. The summed E-state index contributed by atoms with van der Waals surface area (Å²) >= 11 is 0. The number of aromatic nitrogens is 2. The van der Waals surface area contributed by atoms with E-state index in [1.165, 1.54) is 12.1 Å². The molecule has 6 heteroatoms. The molecule has 0 saturated heterocycles. The van der Waals surface area contributed by atoms with Gasteiger partial charge >= 0.3 is 0 Å². The number of carbonyl (C=O) groups excluding carboxylic acids is 1. The summed E-state index contributed by atoms with van der Waals surface area (Å²) in [7, 11) is 0. The van der Waals surface area contributed by atoms with Crippen molar-refractivity contribution in [3.05, 3.63) is 65.9 Å². The Hall–Kier alpha value is -2.73. The van der Waals surface area contributed by atoms with E-state index in [1.54, 1.807) is 24.4 Å². The van der Waals surface area contributed by atoms with Gasteiger partial charge in [-0.3, -0.25) is 10.0 Å². The molecule has 0 bridgehead atoms. The molecule has 0 fully saturated rings. The number of rotatable bonds is 5. The number of hydrogen-bond donors (Lipinski definition) is 1. The molecule has 0 aliphatic carbocycles.